The molecule has 4 nitrogen and oxygen atoms in total. The predicted octanol–water partition coefficient (Wildman–Crippen LogP) is 4.17. The molecule has 2 atom stereocenters. The number of nitrogens with one attached hydrogen (secondary N) is 1. The smallest absolute Gasteiger partial charge is 0.242 e. The molecule has 7 heteroatoms. The van der Waals surface area contributed by atoms with Crippen LogP contribution in [0.2, 0.25) is 0 Å². The van der Waals surface area contributed by atoms with Crippen LogP contribution in [-0.4, -0.2) is 22.9 Å². The van der Waals surface area contributed by atoms with E-state index in [0.29, 0.717) is 5.69 Å². The minimum absolute atomic E-state index is 0.174. The van der Waals surface area contributed by atoms with Crippen LogP contribution in [0.25, 0.3) is 0 Å². The molecule has 1 fully saturated rings. The van der Waals surface area contributed by atoms with Gasteiger partial charge in [0.2, 0.25) is 11.8 Å². The molecule has 0 radical (unpaired) electrons. The second kappa shape index (κ2) is 7.45. The first-order valence-electron chi connectivity index (χ1n) is 7.71. The Hall–Kier alpha value is -2.05. The van der Waals surface area contributed by atoms with Crippen LogP contribution in [0, 0.1) is 5.82 Å². The number of amides is 2. The molecule has 1 N–H and O–H groups in total. The van der Waals surface area contributed by atoms with Crippen molar-refractivity contribution in [2.75, 3.05) is 16.0 Å². The number of carbonyl (C=O) groups excluding carboxylic acids is 2. The molecule has 2 amide bonds. The zero-order valence-electron chi connectivity index (χ0n) is 13.4. The highest BCUT2D eigenvalue weighted by atomic mass is 35.5. The van der Waals surface area contributed by atoms with Crippen molar-refractivity contribution >= 4 is 46.6 Å². The number of hydrogen-bond donors (Lipinski definition) is 1. The Bertz CT molecular complexity index is 815. The summed E-state index contributed by atoms with van der Waals surface area (Å²) in [5, 5.41) is 1.66. The van der Waals surface area contributed by atoms with Crippen LogP contribution in [0.5, 0.6) is 0 Å². The molecule has 0 bridgehead atoms. The summed E-state index contributed by atoms with van der Waals surface area (Å²) in [5.41, 5.74) is 1.52. The van der Waals surface area contributed by atoms with Crippen LogP contribution in [0.4, 0.5) is 15.8 Å². The van der Waals surface area contributed by atoms with Crippen LogP contribution >= 0.6 is 23.4 Å². The number of halogens is 2. The van der Waals surface area contributed by atoms with Crippen LogP contribution in [0.15, 0.2) is 48.5 Å². The molecule has 130 valence electrons. The maximum Gasteiger partial charge on any atom is 0.242 e. The SMILES string of the molecule is CC(Cl)C(=O)Nc1ccccc1C1SCC(=O)N1c1ccccc1F. The minimum atomic E-state index is -0.686. The number of thioether (sulfide) groups is 1. The zero-order chi connectivity index (χ0) is 18.0. The maximum absolute atomic E-state index is 14.2. The van der Waals surface area contributed by atoms with E-state index < -0.39 is 16.6 Å². The van der Waals surface area contributed by atoms with Gasteiger partial charge in [-0.2, -0.15) is 0 Å². The summed E-state index contributed by atoms with van der Waals surface area (Å²) in [6, 6.07) is 13.3. The first kappa shape index (κ1) is 17.8. The molecule has 1 aliphatic heterocycles. The normalized spacial score (nSPS) is 18.3. The van der Waals surface area contributed by atoms with Gasteiger partial charge >= 0.3 is 0 Å². The number of hydrogen-bond acceptors (Lipinski definition) is 3. The summed E-state index contributed by atoms with van der Waals surface area (Å²) in [5.74, 6) is -0.722. The summed E-state index contributed by atoms with van der Waals surface area (Å²) in [6.07, 6.45) is 0. The van der Waals surface area contributed by atoms with E-state index in [0.717, 1.165) is 5.56 Å². The van der Waals surface area contributed by atoms with Crippen LogP contribution in [0.3, 0.4) is 0 Å². The molecule has 25 heavy (non-hydrogen) atoms. The third-order valence-corrected chi connectivity index (χ3v) is 5.22. The molecule has 1 saturated heterocycles. The van der Waals surface area contributed by atoms with Gasteiger partial charge < -0.3 is 5.32 Å². The number of nitrogens with zero attached hydrogens (tertiary/aromatic N) is 1. The topological polar surface area (TPSA) is 49.4 Å². The van der Waals surface area contributed by atoms with Crippen molar-refractivity contribution in [3.8, 4) is 0 Å². The number of anilines is 2. The third-order valence-electron chi connectivity index (χ3n) is 3.83. The fourth-order valence-electron chi connectivity index (χ4n) is 2.62. The van der Waals surface area contributed by atoms with Gasteiger partial charge in [0.05, 0.1) is 11.4 Å². The molecule has 0 saturated carbocycles. The molecular weight excluding hydrogens is 363 g/mol. The van der Waals surface area contributed by atoms with Gasteiger partial charge in [-0.1, -0.05) is 30.3 Å². The monoisotopic (exact) mass is 378 g/mol. The van der Waals surface area contributed by atoms with Gasteiger partial charge in [0, 0.05) is 11.3 Å². The van der Waals surface area contributed by atoms with Gasteiger partial charge in [0.15, 0.2) is 0 Å². The standard InChI is InChI=1S/C18H16ClFN2O2S/c1-11(19)17(24)21-14-8-4-2-6-12(14)18-22(16(23)10-25-18)15-9-5-3-7-13(15)20/h2-9,11,18H,10H2,1H3,(H,21,24). The lowest BCUT2D eigenvalue weighted by molar-refractivity contribution is -0.116. The van der Waals surface area contributed by atoms with E-state index >= 15 is 0 Å². The highest BCUT2D eigenvalue weighted by Crippen LogP contribution is 2.44. The lowest BCUT2D eigenvalue weighted by Gasteiger charge is -2.26. The lowest BCUT2D eigenvalue weighted by atomic mass is 10.1. The maximum atomic E-state index is 14.2. The number of para-hydroxylation sites is 2. The van der Waals surface area contributed by atoms with E-state index in [4.69, 9.17) is 11.6 Å². The fourth-order valence-corrected chi connectivity index (χ4v) is 3.88. The highest BCUT2D eigenvalue weighted by molar-refractivity contribution is 8.00. The van der Waals surface area contributed by atoms with Gasteiger partial charge in [0.1, 0.15) is 16.6 Å². The molecule has 2 aromatic carbocycles. The van der Waals surface area contributed by atoms with E-state index in [2.05, 4.69) is 5.32 Å². The fraction of sp³-hybridized carbons (Fsp3) is 0.222. The second-order valence-electron chi connectivity index (χ2n) is 5.57. The van der Waals surface area contributed by atoms with E-state index in [1.54, 1.807) is 37.3 Å². The van der Waals surface area contributed by atoms with Crippen molar-refractivity contribution in [1.82, 2.24) is 0 Å². The van der Waals surface area contributed by atoms with Crippen molar-refractivity contribution in [1.29, 1.82) is 0 Å². The molecule has 3 rings (SSSR count). The van der Waals surface area contributed by atoms with Crippen LogP contribution < -0.4 is 10.2 Å². The molecule has 1 aliphatic rings. The van der Waals surface area contributed by atoms with Crippen molar-refractivity contribution in [2.24, 2.45) is 0 Å². The van der Waals surface area contributed by atoms with E-state index in [1.807, 2.05) is 12.1 Å². The van der Waals surface area contributed by atoms with Crippen molar-refractivity contribution in [3.05, 3.63) is 59.9 Å². The Morgan fingerprint density at radius 2 is 1.96 bits per heavy atom. The minimum Gasteiger partial charge on any atom is -0.324 e. The molecule has 1 heterocycles. The summed E-state index contributed by atoms with van der Waals surface area (Å²) in [7, 11) is 0. The van der Waals surface area contributed by atoms with E-state index in [9.17, 15) is 14.0 Å². The lowest BCUT2D eigenvalue weighted by Crippen LogP contribution is -2.29. The van der Waals surface area contributed by atoms with Gasteiger partial charge in [-0.3, -0.25) is 14.5 Å². The summed E-state index contributed by atoms with van der Waals surface area (Å²) in [4.78, 5) is 25.8. The number of benzene rings is 2. The average Bonchev–Trinajstić information content (AvgIpc) is 2.97. The summed E-state index contributed by atoms with van der Waals surface area (Å²) >= 11 is 7.22. The van der Waals surface area contributed by atoms with Gasteiger partial charge in [-0.05, 0) is 25.1 Å². The Labute approximate surface area is 154 Å². The van der Waals surface area contributed by atoms with Gasteiger partial charge in [-0.25, -0.2) is 4.39 Å². The Balaban J connectivity index is 1.99. The largest absolute Gasteiger partial charge is 0.324 e. The number of rotatable bonds is 4. The van der Waals surface area contributed by atoms with Crippen molar-refractivity contribution in [2.45, 2.75) is 17.7 Å². The molecule has 2 aromatic rings. The molecule has 0 aromatic heterocycles. The highest BCUT2D eigenvalue weighted by Gasteiger charge is 2.36. The van der Waals surface area contributed by atoms with Gasteiger partial charge in [-0.15, -0.1) is 23.4 Å². The predicted molar refractivity (Wildman–Crippen MR) is 99.5 cm³/mol. The van der Waals surface area contributed by atoms with E-state index in [1.165, 1.54) is 22.7 Å². The molecule has 0 aliphatic carbocycles. The quantitative estimate of drug-likeness (QED) is 0.812. The van der Waals surface area contributed by atoms with Crippen LogP contribution in [-0.2, 0) is 9.59 Å². The number of carbonyl (C=O) groups is 2. The summed E-state index contributed by atoms with van der Waals surface area (Å²) in [6.45, 7) is 1.58. The number of alkyl halides is 1. The van der Waals surface area contributed by atoms with Gasteiger partial charge in [0.25, 0.3) is 0 Å². The Morgan fingerprint density at radius 3 is 2.68 bits per heavy atom. The first-order valence-corrected chi connectivity index (χ1v) is 9.19. The first-order chi connectivity index (χ1) is 12.0. The summed E-state index contributed by atoms with van der Waals surface area (Å²) < 4.78 is 14.2. The molecule has 0 spiro atoms. The van der Waals surface area contributed by atoms with Crippen molar-refractivity contribution < 1.29 is 14.0 Å². The third kappa shape index (κ3) is 3.65. The zero-order valence-corrected chi connectivity index (χ0v) is 15.0. The van der Waals surface area contributed by atoms with E-state index in [-0.39, 0.29) is 23.3 Å². The Morgan fingerprint density at radius 1 is 1.28 bits per heavy atom. The molecule has 2 unspecified atom stereocenters. The average molecular weight is 379 g/mol. The molecular formula is C18H16ClFN2O2S. The Kier molecular flexibility index (Phi) is 5.30. The second-order valence-corrected chi connectivity index (χ2v) is 7.29. The van der Waals surface area contributed by atoms with Crippen molar-refractivity contribution in [3.63, 3.8) is 0 Å². The van der Waals surface area contributed by atoms with Crippen LogP contribution in [0.1, 0.15) is 17.9 Å².